The topological polar surface area (TPSA) is 37.3 Å². The lowest BCUT2D eigenvalue weighted by Crippen LogP contribution is -2.21. The number of carboxylic acids is 1. The minimum absolute atomic E-state index is 0.436. The van der Waals surface area contributed by atoms with Gasteiger partial charge in [0, 0.05) is 0 Å². The highest BCUT2D eigenvalue weighted by Gasteiger charge is 2.39. The van der Waals surface area contributed by atoms with E-state index in [1.807, 2.05) is 0 Å². The second kappa shape index (κ2) is 8.69. The molecule has 3 rings (SSSR count). The van der Waals surface area contributed by atoms with E-state index in [0.29, 0.717) is 7.92 Å². The number of rotatable bonds is 3. The van der Waals surface area contributed by atoms with Crippen LogP contribution in [0.2, 0.25) is 0 Å². The van der Waals surface area contributed by atoms with Gasteiger partial charge in [-0.15, -0.1) is 0 Å². The molecule has 0 unspecified atom stereocenters. The molecule has 0 bridgehead atoms. The van der Waals surface area contributed by atoms with Gasteiger partial charge in [0.15, 0.2) is 0 Å². The zero-order valence-electron chi connectivity index (χ0n) is 13.7. The van der Waals surface area contributed by atoms with Gasteiger partial charge < -0.3 is 5.11 Å². The molecule has 0 atom stereocenters. The van der Waals surface area contributed by atoms with Gasteiger partial charge in [0.05, 0.1) is 0 Å². The number of aliphatic carboxylic acids is 1. The van der Waals surface area contributed by atoms with Crippen LogP contribution in [0.5, 0.6) is 0 Å². The molecule has 0 aromatic rings. The SMILES string of the molecule is C1CCC(P(C2CCCC2)C2CCCC2)C1.O=C(O)C(F)(F)F. The lowest BCUT2D eigenvalue weighted by Gasteiger charge is -2.35. The maximum absolute atomic E-state index is 10.6. The molecule has 0 amide bonds. The van der Waals surface area contributed by atoms with E-state index in [0.717, 1.165) is 0 Å². The molecule has 1 N–H and O–H groups in total. The molecule has 0 radical (unpaired) electrons. The van der Waals surface area contributed by atoms with E-state index in [1.54, 1.807) is 77.0 Å². The fourth-order valence-corrected chi connectivity index (χ4v) is 9.17. The first kappa shape index (κ1) is 19.0. The first-order valence-corrected chi connectivity index (χ1v) is 10.5. The summed E-state index contributed by atoms with van der Waals surface area (Å²) in [6.45, 7) is 0. The van der Waals surface area contributed by atoms with E-state index >= 15 is 0 Å². The van der Waals surface area contributed by atoms with Gasteiger partial charge in [0.2, 0.25) is 0 Å². The monoisotopic (exact) mass is 352 g/mol. The zero-order chi connectivity index (χ0) is 16.9. The predicted molar refractivity (Wildman–Crippen MR) is 87.4 cm³/mol. The average Bonchev–Trinajstić information content (AvgIpc) is 3.24. The fourth-order valence-electron chi connectivity index (χ4n) is 4.50. The van der Waals surface area contributed by atoms with Crippen molar-refractivity contribution in [2.75, 3.05) is 0 Å². The lowest BCUT2D eigenvalue weighted by molar-refractivity contribution is -0.192. The Morgan fingerprint density at radius 1 is 0.739 bits per heavy atom. The third kappa shape index (κ3) is 5.62. The molecule has 0 aromatic carbocycles. The van der Waals surface area contributed by atoms with Crippen molar-refractivity contribution in [3.8, 4) is 0 Å². The van der Waals surface area contributed by atoms with E-state index in [-0.39, 0.29) is 0 Å². The number of carboxylic acid groups (broad SMARTS) is 1. The molecule has 6 heteroatoms. The summed E-state index contributed by atoms with van der Waals surface area (Å²) in [6, 6.07) is 0. The van der Waals surface area contributed by atoms with Gasteiger partial charge in [-0.25, -0.2) is 4.79 Å². The number of hydrogen-bond donors (Lipinski definition) is 1. The minimum atomic E-state index is -5.08. The number of carbonyl (C=O) groups is 1. The highest BCUT2D eigenvalue weighted by Crippen LogP contribution is 2.63. The summed E-state index contributed by atoms with van der Waals surface area (Å²) in [5, 5.41) is 7.12. The van der Waals surface area contributed by atoms with Crippen LogP contribution in [-0.2, 0) is 4.79 Å². The van der Waals surface area contributed by atoms with Crippen molar-refractivity contribution in [3.63, 3.8) is 0 Å². The lowest BCUT2D eigenvalue weighted by atomic mass is 10.3. The van der Waals surface area contributed by atoms with Crippen LogP contribution >= 0.6 is 7.92 Å². The van der Waals surface area contributed by atoms with Crippen molar-refractivity contribution in [1.29, 1.82) is 0 Å². The third-order valence-electron chi connectivity index (χ3n) is 5.48. The summed E-state index contributed by atoms with van der Waals surface area (Å²) in [5.74, 6) is -2.76. The normalized spacial score (nSPS) is 24.2. The smallest absolute Gasteiger partial charge is 0.475 e. The van der Waals surface area contributed by atoms with Gasteiger partial charge in [-0.05, 0) is 55.5 Å². The van der Waals surface area contributed by atoms with Crippen LogP contribution in [0.15, 0.2) is 0 Å². The van der Waals surface area contributed by atoms with Crippen LogP contribution < -0.4 is 0 Å². The van der Waals surface area contributed by atoms with Crippen molar-refractivity contribution in [3.05, 3.63) is 0 Å². The van der Waals surface area contributed by atoms with Crippen LogP contribution in [-0.4, -0.2) is 34.2 Å². The van der Waals surface area contributed by atoms with Crippen molar-refractivity contribution in [1.82, 2.24) is 0 Å². The summed E-state index contributed by atoms with van der Waals surface area (Å²) in [4.78, 5) is 8.90. The average molecular weight is 352 g/mol. The molecule has 0 heterocycles. The molecule has 3 aliphatic rings. The number of alkyl halides is 3. The highest BCUT2D eigenvalue weighted by molar-refractivity contribution is 7.60. The maximum Gasteiger partial charge on any atom is 0.490 e. The Morgan fingerprint density at radius 3 is 1.13 bits per heavy atom. The van der Waals surface area contributed by atoms with Gasteiger partial charge in [0.25, 0.3) is 0 Å². The maximum atomic E-state index is 10.6. The van der Waals surface area contributed by atoms with Crippen molar-refractivity contribution in [2.45, 2.75) is 100 Å². The molecule has 134 valence electrons. The van der Waals surface area contributed by atoms with Crippen LogP contribution in [0, 0.1) is 0 Å². The van der Waals surface area contributed by atoms with Gasteiger partial charge in [-0.2, -0.15) is 13.2 Å². The van der Waals surface area contributed by atoms with Crippen LogP contribution in [0.4, 0.5) is 13.2 Å². The van der Waals surface area contributed by atoms with Crippen LogP contribution in [0.25, 0.3) is 0 Å². The summed E-state index contributed by atoms with van der Waals surface area (Å²) in [5.41, 5.74) is 3.63. The van der Waals surface area contributed by atoms with E-state index in [2.05, 4.69) is 0 Å². The summed E-state index contributed by atoms with van der Waals surface area (Å²) in [6.07, 6.45) is 13.9. The Labute approximate surface area is 138 Å². The van der Waals surface area contributed by atoms with E-state index < -0.39 is 12.1 Å². The second-order valence-electron chi connectivity index (χ2n) is 7.06. The Kier molecular flexibility index (Phi) is 7.19. The minimum Gasteiger partial charge on any atom is -0.475 e. The van der Waals surface area contributed by atoms with Crippen LogP contribution in [0.1, 0.15) is 77.0 Å². The molecule has 0 saturated heterocycles. The molecule has 3 saturated carbocycles. The van der Waals surface area contributed by atoms with E-state index in [4.69, 9.17) is 9.90 Å². The molecule has 2 nitrogen and oxygen atoms in total. The first-order chi connectivity index (χ1) is 10.9. The molecule has 0 spiro atoms. The fraction of sp³-hybridized carbons (Fsp3) is 0.941. The predicted octanol–water partition coefficient (Wildman–Crippen LogP) is 5.93. The molecular formula is C17H28F3O2P. The number of hydrogen-bond acceptors (Lipinski definition) is 1. The first-order valence-electron chi connectivity index (χ1n) is 8.97. The molecular weight excluding hydrogens is 324 g/mol. The van der Waals surface area contributed by atoms with E-state index in [9.17, 15) is 13.2 Å². The summed E-state index contributed by atoms with van der Waals surface area (Å²) >= 11 is 0. The van der Waals surface area contributed by atoms with Crippen molar-refractivity contribution in [2.24, 2.45) is 0 Å². The van der Waals surface area contributed by atoms with Crippen LogP contribution in [0.3, 0.4) is 0 Å². The molecule has 23 heavy (non-hydrogen) atoms. The standard InChI is InChI=1S/C15H27P.C2HF3O2/c1-2-8-13(7-1)16(14-9-3-4-10-14)15-11-5-6-12-15;3-2(4,5)1(6)7/h13-15H,1-12H2;(H,6,7). The largest absolute Gasteiger partial charge is 0.490 e. The Hall–Kier alpha value is -0.310. The molecule has 3 aliphatic carbocycles. The quantitative estimate of drug-likeness (QED) is 0.639. The Balaban J connectivity index is 0.000000236. The molecule has 0 aromatic heterocycles. The van der Waals surface area contributed by atoms with Crippen molar-refractivity contribution < 1.29 is 23.1 Å². The van der Waals surface area contributed by atoms with Gasteiger partial charge in [0.1, 0.15) is 0 Å². The Morgan fingerprint density at radius 2 is 0.957 bits per heavy atom. The summed E-state index contributed by atoms with van der Waals surface area (Å²) in [7, 11) is 0.436. The highest BCUT2D eigenvalue weighted by atomic mass is 31.1. The Bertz CT molecular complexity index is 330. The zero-order valence-corrected chi connectivity index (χ0v) is 14.5. The third-order valence-corrected chi connectivity index (χ3v) is 9.56. The molecule has 0 aliphatic heterocycles. The van der Waals surface area contributed by atoms with Gasteiger partial charge in [-0.1, -0.05) is 46.4 Å². The number of halogens is 3. The van der Waals surface area contributed by atoms with E-state index in [1.165, 1.54) is 17.0 Å². The summed E-state index contributed by atoms with van der Waals surface area (Å²) < 4.78 is 31.7. The van der Waals surface area contributed by atoms with Gasteiger partial charge in [-0.3, -0.25) is 0 Å². The molecule has 3 fully saturated rings. The van der Waals surface area contributed by atoms with Gasteiger partial charge >= 0.3 is 12.1 Å². The van der Waals surface area contributed by atoms with Crippen molar-refractivity contribution >= 4 is 13.9 Å². The second-order valence-corrected chi connectivity index (χ2v) is 10.2.